The molecule has 1 aliphatic heterocycles. The molecule has 0 amide bonds. The van der Waals surface area contributed by atoms with Crippen LogP contribution in [0.1, 0.15) is 74.6 Å². The van der Waals surface area contributed by atoms with E-state index >= 15 is 0 Å². The summed E-state index contributed by atoms with van der Waals surface area (Å²) in [4.78, 5) is 2.61. The minimum Gasteiger partial charge on any atom is -0.301 e. The van der Waals surface area contributed by atoms with E-state index in [0.29, 0.717) is 12.0 Å². The molecule has 0 unspecified atom stereocenters. The Balaban J connectivity index is 2.17. The van der Waals surface area contributed by atoms with Crippen LogP contribution in [0.25, 0.3) is 0 Å². The van der Waals surface area contributed by atoms with E-state index in [9.17, 15) is 0 Å². The molecule has 1 heteroatoms. The van der Waals surface area contributed by atoms with Gasteiger partial charge in [-0.1, -0.05) is 26.0 Å². The van der Waals surface area contributed by atoms with Crippen molar-refractivity contribution in [3.05, 3.63) is 34.4 Å². The van der Waals surface area contributed by atoms with Gasteiger partial charge in [0.15, 0.2) is 0 Å². The lowest BCUT2D eigenvalue weighted by Crippen LogP contribution is -2.38. The molecule has 1 saturated heterocycles. The number of nitrogens with zero attached hydrogens (tertiary/aromatic N) is 1. The molecule has 1 aromatic carbocycles. The molecule has 0 N–H and O–H groups in total. The monoisotopic (exact) mass is 273 g/mol. The number of likely N-dealkylation sites (tertiary alicyclic amines) is 1. The molecule has 0 spiro atoms. The van der Waals surface area contributed by atoms with Crippen LogP contribution in [0.2, 0.25) is 0 Å². The van der Waals surface area contributed by atoms with Gasteiger partial charge in [0.25, 0.3) is 0 Å². The molecular weight excluding hydrogens is 242 g/mol. The van der Waals surface area contributed by atoms with Crippen molar-refractivity contribution in [2.75, 3.05) is 13.1 Å². The second-order valence-electron chi connectivity index (χ2n) is 7.05. The second kappa shape index (κ2) is 6.30. The summed E-state index contributed by atoms with van der Waals surface area (Å²) in [7, 11) is 0. The molecule has 1 aliphatic rings. The second-order valence-corrected chi connectivity index (χ2v) is 7.05. The number of rotatable bonds is 3. The molecule has 0 aliphatic carbocycles. The van der Waals surface area contributed by atoms with Crippen LogP contribution in [0.3, 0.4) is 0 Å². The molecule has 1 fully saturated rings. The van der Waals surface area contributed by atoms with Crippen molar-refractivity contribution in [2.24, 2.45) is 0 Å². The first-order chi connectivity index (χ1) is 9.41. The molecule has 1 nitrogen and oxygen atoms in total. The summed E-state index contributed by atoms with van der Waals surface area (Å²) in [5.74, 6) is 1.40. The van der Waals surface area contributed by atoms with Crippen LogP contribution in [-0.4, -0.2) is 24.0 Å². The molecule has 0 saturated carbocycles. The highest BCUT2D eigenvalue weighted by Crippen LogP contribution is 2.34. The van der Waals surface area contributed by atoms with Crippen LogP contribution < -0.4 is 0 Å². The van der Waals surface area contributed by atoms with Gasteiger partial charge in [-0.2, -0.15) is 0 Å². The van der Waals surface area contributed by atoms with Crippen LogP contribution in [0.15, 0.2) is 12.1 Å². The Morgan fingerprint density at radius 1 is 0.950 bits per heavy atom. The SMILES string of the molecule is Cc1c(C(C)C)ccc(C2CCN(C(C)C)CC2)c1C. The molecule has 0 atom stereocenters. The van der Waals surface area contributed by atoms with E-state index in [2.05, 4.69) is 58.6 Å². The van der Waals surface area contributed by atoms with E-state index in [0.717, 1.165) is 5.92 Å². The van der Waals surface area contributed by atoms with Gasteiger partial charge in [0.2, 0.25) is 0 Å². The van der Waals surface area contributed by atoms with Gasteiger partial charge in [0.1, 0.15) is 0 Å². The molecule has 20 heavy (non-hydrogen) atoms. The molecule has 0 radical (unpaired) electrons. The van der Waals surface area contributed by atoms with Gasteiger partial charge >= 0.3 is 0 Å². The molecular formula is C19H31N. The summed E-state index contributed by atoms with van der Waals surface area (Å²) in [6.07, 6.45) is 2.64. The minimum absolute atomic E-state index is 0.630. The van der Waals surface area contributed by atoms with Crippen LogP contribution >= 0.6 is 0 Å². The van der Waals surface area contributed by atoms with Crippen molar-refractivity contribution in [3.8, 4) is 0 Å². The maximum absolute atomic E-state index is 2.61. The highest BCUT2D eigenvalue weighted by atomic mass is 15.1. The number of piperidine rings is 1. The van der Waals surface area contributed by atoms with Gasteiger partial charge in [-0.25, -0.2) is 0 Å². The van der Waals surface area contributed by atoms with E-state index in [1.165, 1.54) is 37.1 Å². The van der Waals surface area contributed by atoms with Gasteiger partial charge in [0, 0.05) is 6.04 Å². The standard InChI is InChI=1S/C19H31N/c1-13(2)18-7-8-19(16(6)15(18)5)17-9-11-20(12-10-17)14(3)4/h7-8,13-14,17H,9-12H2,1-6H3. The Kier molecular flexibility index (Phi) is 4.90. The van der Waals surface area contributed by atoms with Gasteiger partial charge in [-0.05, 0) is 87.7 Å². The van der Waals surface area contributed by atoms with Crippen LogP contribution in [0.5, 0.6) is 0 Å². The van der Waals surface area contributed by atoms with E-state index in [1.54, 1.807) is 11.1 Å². The quantitative estimate of drug-likeness (QED) is 0.748. The molecule has 0 bridgehead atoms. The fourth-order valence-electron chi connectivity index (χ4n) is 3.66. The van der Waals surface area contributed by atoms with Crippen LogP contribution in [0, 0.1) is 13.8 Å². The fourth-order valence-corrected chi connectivity index (χ4v) is 3.66. The van der Waals surface area contributed by atoms with E-state index in [4.69, 9.17) is 0 Å². The van der Waals surface area contributed by atoms with Crippen LogP contribution in [0.4, 0.5) is 0 Å². The zero-order valence-corrected chi connectivity index (χ0v) is 14.2. The summed E-state index contributed by atoms with van der Waals surface area (Å²) >= 11 is 0. The summed E-state index contributed by atoms with van der Waals surface area (Å²) < 4.78 is 0. The topological polar surface area (TPSA) is 3.24 Å². The average molecular weight is 273 g/mol. The van der Waals surface area contributed by atoms with Crippen molar-refractivity contribution < 1.29 is 0 Å². The Labute approximate surface area is 125 Å². The lowest BCUT2D eigenvalue weighted by atomic mass is 9.82. The average Bonchev–Trinajstić information content (AvgIpc) is 2.41. The number of hydrogen-bond acceptors (Lipinski definition) is 1. The van der Waals surface area contributed by atoms with Gasteiger partial charge in [0.05, 0.1) is 0 Å². The Bertz CT molecular complexity index is 451. The summed E-state index contributed by atoms with van der Waals surface area (Å²) in [5.41, 5.74) is 6.18. The van der Waals surface area contributed by atoms with Crippen molar-refractivity contribution in [1.82, 2.24) is 4.90 Å². The fraction of sp³-hybridized carbons (Fsp3) is 0.684. The summed E-state index contributed by atoms with van der Waals surface area (Å²) in [6, 6.07) is 5.48. The molecule has 1 aromatic rings. The molecule has 2 rings (SSSR count). The van der Waals surface area contributed by atoms with Gasteiger partial charge < -0.3 is 4.90 Å². The van der Waals surface area contributed by atoms with E-state index in [1.807, 2.05) is 0 Å². The summed E-state index contributed by atoms with van der Waals surface area (Å²) in [6.45, 7) is 16.4. The third-order valence-electron chi connectivity index (χ3n) is 5.19. The molecule has 0 aromatic heterocycles. The van der Waals surface area contributed by atoms with E-state index < -0.39 is 0 Å². The van der Waals surface area contributed by atoms with Crippen molar-refractivity contribution in [1.29, 1.82) is 0 Å². The largest absolute Gasteiger partial charge is 0.301 e. The maximum Gasteiger partial charge on any atom is 0.00385 e. The van der Waals surface area contributed by atoms with Gasteiger partial charge in [-0.15, -0.1) is 0 Å². The zero-order valence-electron chi connectivity index (χ0n) is 14.2. The highest BCUT2D eigenvalue weighted by Gasteiger charge is 2.23. The molecule has 112 valence electrons. The maximum atomic E-state index is 2.61. The summed E-state index contributed by atoms with van der Waals surface area (Å²) in [5, 5.41) is 0. The predicted octanol–water partition coefficient (Wildman–Crippen LogP) is 5.01. The highest BCUT2D eigenvalue weighted by molar-refractivity contribution is 5.42. The predicted molar refractivity (Wildman–Crippen MR) is 88.7 cm³/mol. The van der Waals surface area contributed by atoms with Crippen LogP contribution in [-0.2, 0) is 0 Å². The Morgan fingerprint density at radius 2 is 1.55 bits per heavy atom. The first kappa shape index (κ1) is 15.6. The Hall–Kier alpha value is -0.820. The van der Waals surface area contributed by atoms with Crippen molar-refractivity contribution >= 4 is 0 Å². The van der Waals surface area contributed by atoms with Gasteiger partial charge in [-0.3, -0.25) is 0 Å². The van der Waals surface area contributed by atoms with Crippen molar-refractivity contribution in [2.45, 2.75) is 72.3 Å². The van der Waals surface area contributed by atoms with Crippen molar-refractivity contribution in [3.63, 3.8) is 0 Å². The third kappa shape index (κ3) is 3.09. The smallest absolute Gasteiger partial charge is 0.00385 e. The lowest BCUT2D eigenvalue weighted by molar-refractivity contribution is 0.171. The minimum atomic E-state index is 0.630. The first-order valence-electron chi connectivity index (χ1n) is 8.25. The first-order valence-corrected chi connectivity index (χ1v) is 8.25. The number of benzene rings is 1. The van der Waals surface area contributed by atoms with E-state index in [-0.39, 0.29) is 0 Å². The number of hydrogen-bond donors (Lipinski definition) is 0. The lowest BCUT2D eigenvalue weighted by Gasteiger charge is -2.35. The molecule has 1 heterocycles. The zero-order chi connectivity index (χ0) is 14.9. The third-order valence-corrected chi connectivity index (χ3v) is 5.19. The Morgan fingerprint density at radius 3 is 2.05 bits per heavy atom. The normalized spacial score (nSPS) is 18.2.